The molecule has 4 nitrogen and oxygen atoms in total. The smallest absolute Gasteiger partial charge is 0.254 e. The van der Waals surface area contributed by atoms with E-state index in [0.29, 0.717) is 5.56 Å². The molecule has 1 atom stereocenters. The summed E-state index contributed by atoms with van der Waals surface area (Å²) in [5.74, 6) is 0.00648. The second kappa shape index (κ2) is 6.08. The van der Waals surface area contributed by atoms with Crippen molar-refractivity contribution in [1.82, 2.24) is 14.9 Å². The number of nitrogens with zero attached hydrogens (tertiary/aromatic N) is 3. The first-order valence-electron chi connectivity index (χ1n) is 7.51. The first kappa shape index (κ1) is 15.6. The van der Waals surface area contributed by atoms with E-state index in [-0.39, 0.29) is 11.9 Å². The van der Waals surface area contributed by atoms with Crippen molar-refractivity contribution in [1.29, 1.82) is 0 Å². The minimum absolute atomic E-state index is 0.00648. The van der Waals surface area contributed by atoms with Crippen LogP contribution in [0.15, 0.2) is 36.0 Å². The molecule has 0 radical (unpaired) electrons. The number of carbonyl (C=O) groups is 1. The number of benzene rings is 1. The monoisotopic (exact) mass is 325 g/mol. The van der Waals surface area contributed by atoms with E-state index in [0.717, 1.165) is 27.0 Å². The zero-order valence-corrected chi connectivity index (χ0v) is 14.5. The fraction of sp³-hybridized carbons (Fsp3) is 0.278. The molecule has 0 saturated carbocycles. The molecule has 3 aromatic rings. The maximum absolute atomic E-state index is 13.0. The summed E-state index contributed by atoms with van der Waals surface area (Å²) in [5.41, 5.74) is 5.33. The Bertz CT molecular complexity index is 858. The molecule has 0 aliphatic heterocycles. The molecule has 1 aromatic carbocycles. The van der Waals surface area contributed by atoms with Gasteiger partial charge in [-0.3, -0.25) is 14.8 Å². The van der Waals surface area contributed by atoms with Gasteiger partial charge < -0.3 is 4.90 Å². The van der Waals surface area contributed by atoms with Gasteiger partial charge in [-0.1, -0.05) is 11.6 Å². The van der Waals surface area contributed by atoms with Gasteiger partial charge in [-0.25, -0.2) is 0 Å². The van der Waals surface area contributed by atoms with Gasteiger partial charge in [-0.05, 0) is 39.0 Å². The van der Waals surface area contributed by atoms with Gasteiger partial charge in [0, 0.05) is 29.2 Å². The van der Waals surface area contributed by atoms with E-state index in [1.165, 1.54) is 0 Å². The summed E-state index contributed by atoms with van der Waals surface area (Å²) >= 11 is 1.56. The average molecular weight is 325 g/mol. The number of carbonyl (C=O) groups excluding carboxylic acids is 1. The number of pyridine rings is 1. The summed E-state index contributed by atoms with van der Waals surface area (Å²) in [7, 11) is 1.84. The van der Waals surface area contributed by atoms with Crippen LogP contribution in [0.4, 0.5) is 0 Å². The highest BCUT2D eigenvalue weighted by Crippen LogP contribution is 2.26. The van der Waals surface area contributed by atoms with Crippen LogP contribution in [0.3, 0.4) is 0 Å². The Balaban J connectivity index is 2.05. The molecule has 0 N–H and O–H groups in total. The fourth-order valence-corrected chi connectivity index (χ4v) is 3.36. The zero-order chi connectivity index (χ0) is 16.6. The molecule has 0 unspecified atom stereocenters. The lowest BCUT2D eigenvalue weighted by Crippen LogP contribution is -2.29. The van der Waals surface area contributed by atoms with Gasteiger partial charge in [0.15, 0.2) is 0 Å². The van der Waals surface area contributed by atoms with E-state index in [4.69, 9.17) is 0 Å². The molecule has 0 saturated heterocycles. The zero-order valence-electron chi connectivity index (χ0n) is 13.7. The van der Waals surface area contributed by atoms with Crippen molar-refractivity contribution < 1.29 is 4.79 Å². The Morgan fingerprint density at radius 3 is 2.74 bits per heavy atom. The van der Waals surface area contributed by atoms with Gasteiger partial charge in [0.05, 0.1) is 22.6 Å². The Labute approximate surface area is 139 Å². The second-order valence-corrected chi connectivity index (χ2v) is 6.75. The van der Waals surface area contributed by atoms with Crippen molar-refractivity contribution in [2.24, 2.45) is 0 Å². The van der Waals surface area contributed by atoms with Crippen molar-refractivity contribution in [2.75, 3.05) is 7.05 Å². The van der Waals surface area contributed by atoms with E-state index in [2.05, 4.69) is 9.97 Å². The van der Waals surface area contributed by atoms with Crippen molar-refractivity contribution >= 4 is 28.1 Å². The Kier molecular flexibility index (Phi) is 4.13. The third-order valence-corrected chi connectivity index (χ3v) is 5.03. The summed E-state index contributed by atoms with van der Waals surface area (Å²) in [6, 6.07) is 7.89. The van der Waals surface area contributed by atoms with E-state index in [1.807, 2.05) is 58.3 Å². The van der Waals surface area contributed by atoms with Crippen LogP contribution in [0.2, 0.25) is 0 Å². The van der Waals surface area contributed by atoms with Crippen molar-refractivity contribution in [3.8, 4) is 0 Å². The average Bonchev–Trinajstić information content (AvgIpc) is 3.07. The lowest BCUT2D eigenvalue weighted by Gasteiger charge is -2.24. The van der Waals surface area contributed by atoms with E-state index < -0.39 is 0 Å². The van der Waals surface area contributed by atoms with Gasteiger partial charge in [0.2, 0.25) is 0 Å². The number of aromatic nitrogens is 2. The van der Waals surface area contributed by atoms with Crippen molar-refractivity contribution in [3.63, 3.8) is 0 Å². The number of hydrogen-bond donors (Lipinski definition) is 0. The normalized spacial score (nSPS) is 12.3. The summed E-state index contributed by atoms with van der Waals surface area (Å²) in [5, 5.41) is 0.906. The number of thiazole rings is 1. The summed E-state index contributed by atoms with van der Waals surface area (Å²) in [6.45, 7) is 5.97. The molecule has 118 valence electrons. The summed E-state index contributed by atoms with van der Waals surface area (Å²) < 4.78 is 0. The molecule has 2 aromatic heterocycles. The van der Waals surface area contributed by atoms with E-state index in [9.17, 15) is 4.79 Å². The summed E-state index contributed by atoms with van der Waals surface area (Å²) in [4.78, 5) is 24.5. The lowest BCUT2D eigenvalue weighted by atomic mass is 10.0. The molecule has 0 fully saturated rings. The van der Waals surface area contributed by atoms with Gasteiger partial charge >= 0.3 is 0 Å². The first-order valence-corrected chi connectivity index (χ1v) is 8.39. The highest BCUT2D eigenvalue weighted by Gasteiger charge is 2.22. The maximum Gasteiger partial charge on any atom is 0.254 e. The van der Waals surface area contributed by atoms with Crippen LogP contribution >= 0.6 is 11.3 Å². The van der Waals surface area contributed by atoms with Crippen LogP contribution in [-0.2, 0) is 0 Å². The highest BCUT2D eigenvalue weighted by atomic mass is 32.1. The standard InChI is InChI=1S/C18H19N3OS/c1-11-5-6-16-14(7-11)15(8-12(2)20-16)18(22)21(4)13(3)17-9-19-10-23-17/h5-10,13H,1-4H3/t13-/m1/s1. The molecule has 1 amide bonds. The van der Waals surface area contributed by atoms with Crippen LogP contribution in [0.5, 0.6) is 0 Å². The molecule has 0 spiro atoms. The molecule has 5 heteroatoms. The molecule has 0 bridgehead atoms. The predicted molar refractivity (Wildman–Crippen MR) is 93.8 cm³/mol. The van der Waals surface area contributed by atoms with Gasteiger partial charge in [-0.2, -0.15) is 0 Å². The number of amides is 1. The molecule has 23 heavy (non-hydrogen) atoms. The Morgan fingerprint density at radius 2 is 2.04 bits per heavy atom. The Morgan fingerprint density at radius 1 is 1.26 bits per heavy atom. The molecule has 0 aliphatic carbocycles. The molecule has 2 heterocycles. The second-order valence-electron chi connectivity index (χ2n) is 5.83. The lowest BCUT2D eigenvalue weighted by molar-refractivity contribution is 0.0746. The molecule has 3 rings (SSSR count). The third kappa shape index (κ3) is 2.97. The first-order chi connectivity index (χ1) is 11.0. The number of aryl methyl sites for hydroxylation is 2. The topological polar surface area (TPSA) is 46.1 Å². The van der Waals surface area contributed by atoms with Gasteiger partial charge in [0.1, 0.15) is 0 Å². The minimum Gasteiger partial charge on any atom is -0.334 e. The third-order valence-electron chi connectivity index (χ3n) is 4.09. The number of fused-ring (bicyclic) bond motifs is 1. The maximum atomic E-state index is 13.0. The fourth-order valence-electron chi connectivity index (χ4n) is 2.64. The SMILES string of the molecule is Cc1ccc2nc(C)cc(C(=O)N(C)[C@H](C)c3cncs3)c2c1. The number of hydrogen-bond acceptors (Lipinski definition) is 4. The molecular formula is C18H19N3OS. The van der Waals surface area contributed by atoms with E-state index in [1.54, 1.807) is 21.7 Å². The van der Waals surface area contributed by atoms with E-state index >= 15 is 0 Å². The largest absolute Gasteiger partial charge is 0.334 e. The predicted octanol–water partition coefficient (Wildman–Crippen LogP) is 4.14. The minimum atomic E-state index is -0.0108. The van der Waals surface area contributed by atoms with Crippen LogP contribution in [0.25, 0.3) is 10.9 Å². The van der Waals surface area contributed by atoms with Crippen molar-refractivity contribution in [3.05, 3.63) is 57.7 Å². The van der Waals surface area contributed by atoms with Crippen LogP contribution < -0.4 is 0 Å². The molecular weight excluding hydrogens is 306 g/mol. The quantitative estimate of drug-likeness (QED) is 0.727. The Hall–Kier alpha value is -2.27. The van der Waals surface area contributed by atoms with Gasteiger partial charge in [0.25, 0.3) is 5.91 Å². The molecule has 0 aliphatic rings. The van der Waals surface area contributed by atoms with Crippen LogP contribution in [0, 0.1) is 13.8 Å². The number of rotatable bonds is 3. The van der Waals surface area contributed by atoms with Crippen LogP contribution in [0.1, 0.15) is 39.5 Å². The highest BCUT2D eigenvalue weighted by molar-refractivity contribution is 7.09. The van der Waals surface area contributed by atoms with Crippen molar-refractivity contribution in [2.45, 2.75) is 26.8 Å². The van der Waals surface area contributed by atoms with Gasteiger partial charge in [-0.15, -0.1) is 11.3 Å². The summed E-state index contributed by atoms with van der Waals surface area (Å²) in [6.07, 6.45) is 1.82. The van der Waals surface area contributed by atoms with Crippen LogP contribution in [-0.4, -0.2) is 27.8 Å².